The second kappa shape index (κ2) is 13.9. The molecule has 0 N–H and O–H groups in total. The third-order valence-electron chi connectivity index (χ3n) is 12.6. The molecule has 0 saturated carbocycles. The Morgan fingerprint density at radius 3 is 1.77 bits per heavy atom. The number of benzene rings is 9. The molecule has 290 valence electrons. The van der Waals surface area contributed by atoms with Crippen molar-refractivity contribution in [3.8, 4) is 45.3 Å². The van der Waals surface area contributed by atoms with E-state index in [1.807, 2.05) is 18.2 Å². The molecule has 0 aliphatic heterocycles. The molecule has 0 atom stereocenters. The van der Waals surface area contributed by atoms with Crippen molar-refractivity contribution >= 4 is 86.4 Å². The molecule has 0 amide bonds. The number of rotatable bonds is 5. The van der Waals surface area contributed by atoms with Crippen LogP contribution in [0.4, 0.5) is 0 Å². The molecule has 9 aromatic carbocycles. The van der Waals surface area contributed by atoms with E-state index in [0.717, 1.165) is 51.5 Å². The highest BCUT2D eigenvalue weighted by Crippen LogP contribution is 2.41. The average molecular weight is 810 g/mol. The lowest BCUT2D eigenvalue weighted by Crippen LogP contribution is -2.26. The summed E-state index contributed by atoms with van der Waals surface area (Å²) in [5.41, 5.74) is 9.50. The third-order valence-corrected chi connectivity index (χ3v) is 13.8. The van der Waals surface area contributed by atoms with Gasteiger partial charge in [-0.25, -0.2) is 15.0 Å². The third kappa shape index (κ3) is 5.56. The van der Waals surface area contributed by atoms with Crippen molar-refractivity contribution in [2.45, 2.75) is 12.8 Å². The number of furan rings is 1. The number of hydrogen-bond donors (Lipinski definition) is 0. The summed E-state index contributed by atoms with van der Waals surface area (Å²) >= 11 is 1.79. The summed E-state index contributed by atoms with van der Waals surface area (Å²) in [6, 6.07) is 65.1. The molecule has 3 aromatic heterocycles. The van der Waals surface area contributed by atoms with Crippen molar-refractivity contribution in [2.24, 2.45) is 0 Å². The lowest BCUT2D eigenvalue weighted by atomic mass is 9.91. The van der Waals surface area contributed by atoms with Crippen LogP contribution in [0, 0.1) is 0 Å². The summed E-state index contributed by atoms with van der Waals surface area (Å²) in [7, 11) is 0. The van der Waals surface area contributed by atoms with E-state index in [-0.39, 0.29) is 0 Å². The van der Waals surface area contributed by atoms with E-state index in [0.29, 0.717) is 17.5 Å². The Morgan fingerprint density at radius 1 is 0.403 bits per heavy atom. The molecule has 0 spiro atoms. The highest BCUT2D eigenvalue weighted by atomic mass is 32.1. The van der Waals surface area contributed by atoms with Gasteiger partial charge in [0.15, 0.2) is 17.5 Å². The van der Waals surface area contributed by atoms with Crippen LogP contribution in [-0.2, 0) is 0 Å². The molecule has 0 saturated heterocycles. The van der Waals surface area contributed by atoms with E-state index in [4.69, 9.17) is 19.4 Å². The molecular formula is C57H35N3OS. The van der Waals surface area contributed by atoms with Crippen LogP contribution in [0.2, 0.25) is 0 Å². The fraction of sp³-hybridized carbons (Fsp3) is 0.0351. The van der Waals surface area contributed by atoms with Crippen molar-refractivity contribution in [1.82, 2.24) is 15.0 Å². The van der Waals surface area contributed by atoms with Crippen LogP contribution in [0.25, 0.3) is 120 Å². The van der Waals surface area contributed by atoms with Gasteiger partial charge in [0.25, 0.3) is 0 Å². The SMILES string of the molecule is C1=c2oc3ccc(-c4ccc5c6ccccc6c6ccccc6c5c4)cc3c2=C(c2cccc(-c3nc(-c4ccccc4)nc(-c4cccc5c4sc4ccccc45)n3)c2)CC1. The maximum Gasteiger partial charge on any atom is 0.165 e. The van der Waals surface area contributed by atoms with Crippen LogP contribution in [0.1, 0.15) is 18.4 Å². The predicted octanol–water partition coefficient (Wildman–Crippen LogP) is 13.9. The predicted molar refractivity (Wildman–Crippen MR) is 259 cm³/mol. The molecule has 0 bridgehead atoms. The van der Waals surface area contributed by atoms with Crippen LogP contribution < -0.4 is 10.6 Å². The van der Waals surface area contributed by atoms with Crippen LogP contribution in [0.15, 0.2) is 186 Å². The van der Waals surface area contributed by atoms with Gasteiger partial charge < -0.3 is 4.42 Å². The van der Waals surface area contributed by atoms with Gasteiger partial charge in [0.2, 0.25) is 0 Å². The summed E-state index contributed by atoms with van der Waals surface area (Å²) in [4.78, 5) is 15.5. The van der Waals surface area contributed by atoms with Crippen LogP contribution in [0.3, 0.4) is 0 Å². The zero-order valence-electron chi connectivity index (χ0n) is 33.5. The zero-order valence-corrected chi connectivity index (χ0v) is 34.3. The topological polar surface area (TPSA) is 51.8 Å². The molecule has 0 unspecified atom stereocenters. The van der Waals surface area contributed by atoms with Gasteiger partial charge in [-0.3, -0.25) is 0 Å². The summed E-state index contributed by atoms with van der Waals surface area (Å²) in [6.07, 6.45) is 4.04. The van der Waals surface area contributed by atoms with E-state index in [1.165, 1.54) is 74.4 Å². The Bertz CT molecular complexity index is 3900. The summed E-state index contributed by atoms with van der Waals surface area (Å²) in [5, 5.41) is 12.4. The molecule has 5 heteroatoms. The Balaban J connectivity index is 0.967. The Labute approximate surface area is 360 Å². The standard InChI is InChI=1S/C57H35N3OS/c1-2-13-34(14-3-1)55-58-56(60-57(59-55)47-24-11-23-46-45-21-8-9-26-52(45)62-54(46)47)38-16-10-15-37(31-38)39-22-12-25-51-53(39)49-33-36(28-30-50(49)61-51)35-27-29-44-42-19-5-4-17-40(42)41-18-6-7-20-43(41)48(44)32-35/h1-11,13-21,23-33H,12,22H2. The fourth-order valence-corrected chi connectivity index (χ4v) is 10.9. The van der Waals surface area contributed by atoms with Crippen molar-refractivity contribution in [1.29, 1.82) is 0 Å². The van der Waals surface area contributed by atoms with E-state index in [1.54, 1.807) is 11.3 Å². The molecular weight excluding hydrogens is 775 g/mol. The summed E-state index contributed by atoms with van der Waals surface area (Å²) < 4.78 is 9.03. The van der Waals surface area contributed by atoms with Crippen LogP contribution in [-0.4, -0.2) is 15.0 Å². The van der Waals surface area contributed by atoms with E-state index < -0.39 is 0 Å². The number of hydrogen-bond acceptors (Lipinski definition) is 5. The maximum atomic E-state index is 6.60. The lowest BCUT2D eigenvalue weighted by molar-refractivity contribution is 0.571. The van der Waals surface area contributed by atoms with Crippen LogP contribution >= 0.6 is 11.3 Å². The van der Waals surface area contributed by atoms with Crippen molar-refractivity contribution in [3.63, 3.8) is 0 Å². The van der Waals surface area contributed by atoms with E-state index in [9.17, 15) is 0 Å². The Kier molecular flexibility index (Phi) is 7.87. The molecule has 3 heterocycles. The number of thiophene rings is 1. The first-order chi connectivity index (χ1) is 30.7. The first-order valence-electron chi connectivity index (χ1n) is 21.1. The number of aromatic nitrogens is 3. The van der Waals surface area contributed by atoms with Gasteiger partial charge in [-0.15, -0.1) is 11.3 Å². The fourth-order valence-electron chi connectivity index (χ4n) is 9.71. The minimum absolute atomic E-state index is 0.646. The molecule has 12 aromatic rings. The Hall–Kier alpha value is -7.73. The van der Waals surface area contributed by atoms with E-state index in [2.05, 4.69) is 170 Å². The second-order valence-electron chi connectivity index (χ2n) is 16.2. The largest absolute Gasteiger partial charge is 0.456 e. The van der Waals surface area contributed by atoms with Crippen molar-refractivity contribution in [2.75, 3.05) is 0 Å². The number of nitrogens with zero attached hydrogens (tertiary/aromatic N) is 3. The first-order valence-corrected chi connectivity index (χ1v) is 22.0. The maximum absolute atomic E-state index is 6.60. The monoisotopic (exact) mass is 809 g/mol. The van der Waals surface area contributed by atoms with Crippen molar-refractivity contribution in [3.05, 3.63) is 198 Å². The number of fused-ring (bicyclic) bond motifs is 12. The average Bonchev–Trinajstić information content (AvgIpc) is 3.92. The quantitative estimate of drug-likeness (QED) is 0.163. The van der Waals surface area contributed by atoms with Crippen LogP contribution in [0.5, 0.6) is 0 Å². The molecule has 4 nitrogen and oxygen atoms in total. The minimum atomic E-state index is 0.646. The first kappa shape index (κ1) is 35.1. The normalized spacial score (nSPS) is 12.8. The highest BCUT2D eigenvalue weighted by Gasteiger charge is 2.19. The highest BCUT2D eigenvalue weighted by molar-refractivity contribution is 7.26. The van der Waals surface area contributed by atoms with Gasteiger partial charge in [0.1, 0.15) is 11.0 Å². The van der Waals surface area contributed by atoms with Gasteiger partial charge >= 0.3 is 0 Å². The molecule has 13 rings (SSSR count). The second-order valence-corrected chi connectivity index (χ2v) is 17.2. The summed E-state index contributed by atoms with van der Waals surface area (Å²) in [6.45, 7) is 0. The van der Waals surface area contributed by atoms with Gasteiger partial charge in [-0.05, 0) is 110 Å². The minimum Gasteiger partial charge on any atom is -0.456 e. The van der Waals surface area contributed by atoms with Gasteiger partial charge in [0, 0.05) is 47.5 Å². The Morgan fingerprint density at radius 2 is 0.984 bits per heavy atom. The molecule has 0 fully saturated rings. The molecule has 62 heavy (non-hydrogen) atoms. The molecule has 0 radical (unpaired) electrons. The van der Waals surface area contributed by atoms with E-state index >= 15 is 0 Å². The van der Waals surface area contributed by atoms with Gasteiger partial charge in [-0.2, -0.15) is 0 Å². The zero-order chi connectivity index (χ0) is 40.7. The van der Waals surface area contributed by atoms with Gasteiger partial charge in [0.05, 0.1) is 0 Å². The molecule has 1 aliphatic rings. The summed E-state index contributed by atoms with van der Waals surface area (Å²) in [5.74, 6) is 1.97. The smallest absolute Gasteiger partial charge is 0.165 e. The molecule has 1 aliphatic carbocycles. The van der Waals surface area contributed by atoms with Crippen molar-refractivity contribution < 1.29 is 4.42 Å². The lowest BCUT2D eigenvalue weighted by Gasteiger charge is -2.13. The van der Waals surface area contributed by atoms with Gasteiger partial charge in [-0.1, -0.05) is 146 Å².